The molecule has 23 heavy (non-hydrogen) atoms. The fourth-order valence-electron chi connectivity index (χ4n) is 2.41. The number of benzene rings is 1. The molecule has 0 atom stereocenters. The molecule has 0 saturated carbocycles. The summed E-state index contributed by atoms with van der Waals surface area (Å²) in [5, 5.41) is 9.90. The summed E-state index contributed by atoms with van der Waals surface area (Å²) in [6, 6.07) is 8.40. The molecule has 2 N–H and O–H groups in total. The van der Waals surface area contributed by atoms with E-state index in [1.165, 1.54) is 6.07 Å². The second-order valence-corrected chi connectivity index (χ2v) is 5.53. The zero-order valence-corrected chi connectivity index (χ0v) is 13.6. The van der Waals surface area contributed by atoms with Crippen LogP contribution in [0.25, 0.3) is 0 Å². The fraction of sp³-hybridized carbons (Fsp3) is 0.412. The van der Waals surface area contributed by atoms with Gasteiger partial charge in [0.2, 0.25) is 0 Å². The highest BCUT2D eigenvalue weighted by molar-refractivity contribution is 5.73. The van der Waals surface area contributed by atoms with Gasteiger partial charge in [0.15, 0.2) is 0 Å². The Bertz CT molecular complexity index is 654. The summed E-state index contributed by atoms with van der Waals surface area (Å²) in [6.45, 7) is 5.73. The Morgan fingerprint density at radius 1 is 1.22 bits per heavy atom. The minimum absolute atomic E-state index is 0.227. The van der Waals surface area contributed by atoms with E-state index in [4.69, 9.17) is 0 Å². The van der Waals surface area contributed by atoms with Crippen LogP contribution in [-0.2, 0) is 13.0 Å². The van der Waals surface area contributed by atoms with Crippen molar-refractivity contribution in [2.24, 2.45) is 0 Å². The van der Waals surface area contributed by atoms with Crippen LogP contribution in [0.15, 0.2) is 30.3 Å². The molecule has 2 aromatic rings. The van der Waals surface area contributed by atoms with Gasteiger partial charge in [-0.2, -0.15) is 5.10 Å². The molecular formula is C17H23FN4O. The Balaban J connectivity index is 1.60. The average Bonchev–Trinajstić information content (AvgIpc) is 2.83. The minimum atomic E-state index is -0.236. The van der Waals surface area contributed by atoms with E-state index in [1.54, 1.807) is 18.2 Å². The van der Waals surface area contributed by atoms with Crippen molar-refractivity contribution in [3.8, 4) is 0 Å². The molecule has 0 spiro atoms. The number of hydrogen-bond acceptors (Lipinski definition) is 2. The standard InChI is InChI=1S/C17H23FN4O/c1-13-12-14(2)22(21-13)11-5-9-19-17(23)20-10-8-15-6-3-4-7-16(15)18/h3-4,6-7,12H,5,8-11H2,1-2H3,(H2,19,20,23). The first-order chi connectivity index (χ1) is 11.1. The number of carbonyl (C=O) groups is 1. The lowest BCUT2D eigenvalue weighted by atomic mass is 10.1. The molecule has 1 aromatic carbocycles. The van der Waals surface area contributed by atoms with E-state index in [2.05, 4.69) is 15.7 Å². The SMILES string of the molecule is Cc1cc(C)n(CCCNC(=O)NCCc2ccccc2F)n1. The first-order valence-corrected chi connectivity index (χ1v) is 7.82. The maximum Gasteiger partial charge on any atom is 0.314 e. The summed E-state index contributed by atoms with van der Waals surface area (Å²) >= 11 is 0. The summed E-state index contributed by atoms with van der Waals surface area (Å²) in [6.07, 6.45) is 1.29. The molecule has 0 unspecified atom stereocenters. The number of aromatic nitrogens is 2. The number of aryl methyl sites for hydroxylation is 3. The predicted molar refractivity (Wildman–Crippen MR) is 87.8 cm³/mol. The van der Waals surface area contributed by atoms with Gasteiger partial charge in [-0.25, -0.2) is 9.18 Å². The van der Waals surface area contributed by atoms with E-state index in [0.717, 1.165) is 24.4 Å². The van der Waals surface area contributed by atoms with Gasteiger partial charge >= 0.3 is 6.03 Å². The van der Waals surface area contributed by atoms with Crippen molar-refractivity contribution in [1.82, 2.24) is 20.4 Å². The third-order valence-corrected chi connectivity index (χ3v) is 3.57. The molecule has 1 heterocycles. The highest BCUT2D eigenvalue weighted by Gasteiger charge is 2.04. The molecule has 2 rings (SSSR count). The van der Waals surface area contributed by atoms with E-state index in [0.29, 0.717) is 25.1 Å². The van der Waals surface area contributed by atoms with Crippen LogP contribution >= 0.6 is 0 Å². The molecule has 6 heteroatoms. The van der Waals surface area contributed by atoms with Crippen molar-refractivity contribution in [3.05, 3.63) is 53.1 Å². The zero-order valence-electron chi connectivity index (χ0n) is 13.6. The second kappa shape index (κ2) is 8.31. The Labute approximate surface area is 135 Å². The number of rotatable bonds is 7. The Morgan fingerprint density at radius 2 is 1.96 bits per heavy atom. The second-order valence-electron chi connectivity index (χ2n) is 5.53. The lowest BCUT2D eigenvalue weighted by molar-refractivity contribution is 0.240. The Hall–Kier alpha value is -2.37. The van der Waals surface area contributed by atoms with Crippen molar-refractivity contribution in [2.45, 2.75) is 33.2 Å². The van der Waals surface area contributed by atoms with E-state index >= 15 is 0 Å². The number of halogens is 1. The molecule has 0 bridgehead atoms. The maximum atomic E-state index is 13.4. The average molecular weight is 318 g/mol. The smallest absolute Gasteiger partial charge is 0.314 e. The largest absolute Gasteiger partial charge is 0.338 e. The molecule has 0 aliphatic carbocycles. The van der Waals surface area contributed by atoms with Gasteiger partial charge in [0, 0.05) is 25.3 Å². The van der Waals surface area contributed by atoms with Crippen LogP contribution in [0.3, 0.4) is 0 Å². The molecule has 124 valence electrons. The van der Waals surface area contributed by atoms with Gasteiger partial charge in [-0.1, -0.05) is 18.2 Å². The lowest BCUT2D eigenvalue weighted by Crippen LogP contribution is -2.37. The number of nitrogens with zero attached hydrogens (tertiary/aromatic N) is 2. The van der Waals surface area contributed by atoms with Gasteiger partial charge in [-0.15, -0.1) is 0 Å². The van der Waals surface area contributed by atoms with Crippen LogP contribution < -0.4 is 10.6 Å². The summed E-state index contributed by atoms with van der Waals surface area (Å²) in [7, 11) is 0. The fourth-order valence-corrected chi connectivity index (χ4v) is 2.41. The Morgan fingerprint density at radius 3 is 2.65 bits per heavy atom. The number of hydrogen-bond donors (Lipinski definition) is 2. The Kier molecular flexibility index (Phi) is 6.14. The van der Waals surface area contributed by atoms with Crippen molar-refractivity contribution in [2.75, 3.05) is 13.1 Å². The number of carbonyl (C=O) groups excluding carboxylic acids is 1. The van der Waals surface area contributed by atoms with Gasteiger partial charge < -0.3 is 10.6 Å². The van der Waals surface area contributed by atoms with E-state index in [-0.39, 0.29) is 11.8 Å². The summed E-state index contributed by atoms with van der Waals surface area (Å²) in [5.41, 5.74) is 2.73. The topological polar surface area (TPSA) is 59.0 Å². The van der Waals surface area contributed by atoms with Crippen LogP contribution in [-0.4, -0.2) is 28.9 Å². The van der Waals surface area contributed by atoms with Gasteiger partial charge in [-0.3, -0.25) is 4.68 Å². The van der Waals surface area contributed by atoms with Crippen molar-refractivity contribution in [3.63, 3.8) is 0 Å². The molecule has 0 aliphatic rings. The van der Waals surface area contributed by atoms with Gasteiger partial charge in [0.25, 0.3) is 0 Å². The molecule has 0 saturated heterocycles. The molecule has 0 fully saturated rings. The number of urea groups is 1. The van der Waals surface area contributed by atoms with Crippen LogP contribution in [0.4, 0.5) is 9.18 Å². The van der Waals surface area contributed by atoms with Gasteiger partial charge in [-0.05, 0) is 44.4 Å². The van der Waals surface area contributed by atoms with E-state index < -0.39 is 0 Å². The number of nitrogens with one attached hydrogen (secondary N) is 2. The van der Waals surface area contributed by atoms with Gasteiger partial charge in [0.1, 0.15) is 5.82 Å². The summed E-state index contributed by atoms with van der Waals surface area (Å²) in [4.78, 5) is 11.7. The zero-order chi connectivity index (χ0) is 16.7. The van der Waals surface area contributed by atoms with E-state index in [1.807, 2.05) is 24.6 Å². The summed E-state index contributed by atoms with van der Waals surface area (Å²) in [5.74, 6) is -0.236. The van der Waals surface area contributed by atoms with Crippen LogP contribution in [0.5, 0.6) is 0 Å². The molecular weight excluding hydrogens is 295 g/mol. The van der Waals surface area contributed by atoms with Crippen molar-refractivity contribution >= 4 is 6.03 Å². The molecule has 0 radical (unpaired) electrons. The first-order valence-electron chi connectivity index (χ1n) is 7.82. The third-order valence-electron chi connectivity index (χ3n) is 3.57. The first kappa shape index (κ1) is 17.0. The molecule has 0 aliphatic heterocycles. The predicted octanol–water partition coefficient (Wildman–Crippen LogP) is 2.57. The maximum absolute atomic E-state index is 13.4. The molecule has 2 amide bonds. The quantitative estimate of drug-likeness (QED) is 0.771. The number of amides is 2. The molecule has 1 aromatic heterocycles. The minimum Gasteiger partial charge on any atom is -0.338 e. The van der Waals surface area contributed by atoms with Crippen LogP contribution in [0.2, 0.25) is 0 Å². The van der Waals surface area contributed by atoms with Crippen LogP contribution in [0, 0.1) is 19.7 Å². The normalized spacial score (nSPS) is 10.6. The lowest BCUT2D eigenvalue weighted by Gasteiger charge is -2.09. The summed E-state index contributed by atoms with van der Waals surface area (Å²) < 4.78 is 15.4. The van der Waals surface area contributed by atoms with Gasteiger partial charge in [0.05, 0.1) is 5.69 Å². The highest BCUT2D eigenvalue weighted by atomic mass is 19.1. The van der Waals surface area contributed by atoms with Crippen molar-refractivity contribution in [1.29, 1.82) is 0 Å². The van der Waals surface area contributed by atoms with Crippen LogP contribution in [0.1, 0.15) is 23.4 Å². The van der Waals surface area contributed by atoms with Crippen molar-refractivity contribution < 1.29 is 9.18 Å². The van der Waals surface area contributed by atoms with E-state index in [9.17, 15) is 9.18 Å². The third kappa shape index (κ3) is 5.39. The molecule has 5 nitrogen and oxygen atoms in total. The monoisotopic (exact) mass is 318 g/mol. The highest BCUT2D eigenvalue weighted by Crippen LogP contribution is 2.06.